The number of hydrogen-bond donors (Lipinski definition) is 1. The lowest BCUT2D eigenvalue weighted by Crippen LogP contribution is -2.05. The molecule has 6 nitrogen and oxygen atoms in total. The summed E-state index contributed by atoms with van der Waals surface area (Å²) in [6.45, 7) is 3.72. The number of aromatic hydroxyl groups is 1. The molecule has 0 radical (unpaired) electrons. The maximum absolute atomic E-state index is 11.7. The van der Waals surface area contributed by atoms with Gasteiger partial charge in [0, 0.05) is 6.07 Å². The molecular weight excluding hydrogens is 300 g/mol. The smallest absolute Gasteiger partial charge is 0.339 e. The van der Waals surface area contributed by atoms with Gasteiger partial charge in [-0.05, 0) is 31.0 Å². The third-order valence-corrected chi connectivity index (χ3v) is 3.37. The van der Waals surface area contributed by atoms with E-state index in [4.69, 9.17) is 18.7 Å². The van der Waals surface area contributed by atoms with Crippen LogP contribution in [0.5, 0.6) is 11.5 Å². The molecule has 6 heteroatoms. The van der Waals surface area contributed by atoms with Gasteiger partial charge >= 0.3 is 5.63 Å². The topological polar surface area (TPSA) is 89.9 Å². The zero-order valence-electron chi connectivity index (χ0n) is 12.6. The Morgan fingerprint density at radius 3 is 2.65 bits per heavy atom. The molecule has 0 fully saturated rings. The zero-order valence-corrected chi connectivity index (χ0v) is 12.6. The number of hydrogen-bond acceptors (Lipinski definition) is 6. The molecule has 1 N–H and O–H groups in total. The van der Waals surface area contributed by atoms with E-state index in [1.165, 1.54) is 6.07 Å². The van der Waals surface area contributed by atoms with Crippen molar-refractivity contribution in [3.05, 3.63) is 68.1 Å². The maximum atomic E-state index is 11.7. The second kappa shape index (κ2) is 5.64. The van der Waals surface area contributed by atoms with Crippen molar-refractivity contribution in [2.24, 2.45) is 0 Å². The van der Waals surface area contributed by atoms with Crippen LogP contribution in [0.25, 0.3) is 11.0 Å². The van der Waals surface area contributed by atoms with Crippen molar-refractivity contribution in [3.8, 4) is 11.5 Å². The number of rotatable bonds is 3. The first-order valence-electron chi connectivity index (χ1n) is 6.92. The van der Waals surface area contributed by atoms with Crippen molar-refractivity contribution >= 4 is 11.0 Å². The predicted molar refractivity (Wildman–Crippen MR) is 82.9 cm³/mol. The molecule has 0 saturated heterocycles. The van der Waals surface area contributed by atoms with Gasteiger partial charge in [-0.1, -0.05) is 6.07 Å². The summed E-state index contributed by atoms with van der Waals surface area (Å²) < 4.78 is 15.9. The van der Waals surface area contributed by atoms with Crippen LogP contribution in [0.15, 0.2) is 49.0 Å². The molecule has 0 aliphatic carbocycles. The lowest BCUT2D eigenvalue weighted by Gasteiger charge is -2.10. The van der Waals surface area contributed by atoms with Gasteiger partial charge in [-0.2, -0.15) is 0 Å². The van der Waals surface area contributed by atoms with Gasteiger partial charge in [0.2, 0.25) is 5.43 Å². The van der Waals surface area contributed by atoms with Crippen LogP contribution in [-0.4, -0.2) is 5.11 Å². The largest absolute Gasteiger partial charge is 0.502 e. The fourth-order valence-corrected chi connectivity index (χ4v) is 2.38. The number of ether oxygens (including phenoxy) is 1. The Morgan fingerprint density at radius 1 is 1.13 bits per heavy atom. The minimum Gasteiger partial charge on any atom is -0.502 e. The first-order valence-corrected chi connectivity index (χ1v) is 6.92. The summed E-state index contributed by atoms with van der Waals surface area (Å²) in [5, 5.41) is 9.84. The number of benzene rings is 1. The minimum absolute atomic E-state index is 0.0545. The Morgan fingerprint density at radius 2 is 1.91 bits per heavy atom. The third kappa shape index (κ3) is 2.96. The van der Waals surface area contributed by atoms with Crippen molar-refractivity contribution in [1.29, 1.82) is 0 Å². The molecule has 0 saturated carbocycles. The van der Waals surface area contributed by atoms with Gasteiger partial charge < -0.3 is 18.7 Å². The molecule has 2 heterocycles. The lowest BCUT2D eigenvalue weighted by molar-refractivity contribution is 0.264. The summed E-state index contributed by atoms with van der Waals surface area (Å²) in [7, 11) is 0. The summed E-state index contributed by atoms with van der Waals surface area (Å²) in [5.74, 6) is 0.114. The highest BCUT2D eigenvalue weighted by Gasteiger charge is 2.11. The fraction of sp³-hybridized carbons (Fsp3) is 0.176. The van der Waals surface area contributed by atoms with Gasteiger partial charge in [0.05, 0.1) is 11.5 Å². The van der Waals surface area contributed by atoms with Crippen LogP contribution in [0.3, 0.4) is 0 Å². The van der Waals surface area contributed by atoms with E-state index in [2.05, 4.69) is 0 Å². The van der Waals surface area contributed by atoms with Crippen LogP contribution in [0.4, 0.5) is 0 Å². The molecule has 0 bridgehead atoms. The molecule has 1 aromatic carbocycles. The molecule has 0 unspecified atom stereocenters. The summed E-state index contributed by atoms with van der Waals surface area (Å²) in [5.41, 5.74) is 1.22. The molecule has 0 aliphatic rings. The summed E-state index contributed by atoms with van der Waals surface area (Å²) in [6, 6.07) is 6.15. The Labute approximate surface area is 130 Å². The normalized spacial score (nSPS) is 10.9. The SMILES string of the molecule is Cc1cc(C)c2oc(=O)cc(OCc3cc(=O)c(O)co3)c2c1. The highest BCUT2D eigenvalue weighted by Crippen LogP contribution is 2.28. The number of aryl methyl sites for hydroxylation is 2. The first-order chi connectivity index (χ1) is 10.9. The summed E-state index contributed by atoms with van der Waals surface area (Å²) in [6.07, 6.45) is 0.951. The Bertz CT molecular complexity index is 996. The second-order valence-electron chi connectivity index (χ2n) is 5.27. The van der Waals surface area contributed by atoms with Gasteiger partial charge in [0.1, 0.15) is 30.0 Å². The van der Waals surface area contributed by atoms with Crippen LogP contribution in [-0.2, 0) is 6.61 Å². The molecule has 3 aromatic rings. The van der Waals surface area contributed by atoms with E-state index in [1.807, 2.05) is 26.0 Å². The second-order valence-corrected chi connectivity index (χ2v) is 5.27. The Balaban J connectivity index is 2.00. The van der Waals surface area contributed by atoms with E-state index in [0.717, 1.165) is 23.5 Å². The van der Waals surface area contributed by atoms with Crippen LogP contribution < -0.4 is 15.8 Å². The monoisotopic (exact) mass is 314 g/mol. The van der Waals surface area contributed by atoms with Crippen molar-refractivity contribution in [3.63, 3.8) is 0 Å². The summed E-state index contributed by atoms with van der Waals surface area (Å²) >= 11 is 0. The van der Waals surface area contributed by atoms with Gasteiger partial charge in [0.15, 0.2) is 5.75 Å². The Kier molecular flexibility index (Phi) is 3.65. The molecule has 0 spiro atoms. The van der Waals surface area contributed by atoms with E-state index in [0.29, 0.717) is 16.7 Å². The maximum Gasteiger partial charge on any atom is 0.339 e. The first kappa shape index (κ1) is 14.9. The Hall–Kier alpha value is -3.02. The van der Waals surface area contributed by atoms with Gasteiger partial charge in [-0.25, -0.2) is 4.79 Å². The average Bonchev–Trinajstić information content (AvgIpc) is 2.49. The van der Waals surface area contributed by atoms with Gasteiger partial charge in [0.25, 0.3) is 0 Å². The third-order valence-electron chi connectivity index (χ3n) is 3.37. The average molecular weight is 314 g/mol. The van der Waals surface area contributed by atoms with Crippen LogP contribution >= 0.6 is 0 Å². The molecule has 0 atom stereocenters. The summed E-state index contributed by atoms with van der Waals surface area (Å²) in [4.78, 5) is 23.1. The molecule has 23 heavy (non-hydrogen) atoms. The quantitative estimate of drug-likeness (QED) is 0.747. The van der Waals surface area contributed by atoms with E-state index < -0.39 is 16.8 Å². The van der Waals surface area contributed by atoms with Crippen molar-refractivity contribution in [1.82, 2.24) is 0 Å². The molecule has 2 aromatic heterocycles. The van der Waals surface area contributed by atoms with Gasteiger partial charge in [-0.3, -0.25) is 4.79 Å². The fourth-order valence-electron chi connectivity index (χ4n) is 2.38. The molecule has 118 valence electrons. The van der Waals surface area contributed by atoms with Crippen molar-refractivity contribution in [2.45, 2.75) is 20.5 Å². The van der Waals surface area contributed by atoms with Crippen LogP contribution in [0.2, 0.25) is 0 Å². The van der Waals surface area contributed by atoms with Crippen LogP contribution in [0.1, 0.15) is 16.9 Å². The van der Waals surface area contributed by atoms with Crippen molar-refractivity contribution in [2.75, 3.05) is 0 Å². The number of fused-ring (bicyclic) bond motifs is 1. The standard InChI is InChI=1S/C17H14O6/c1-9-3-10(2)17-12(4-9)15(6-16(20)23-17)22-7-11-5-13(18)14(19)8-21-11/h3-6,8,19H,7H2,1-2H3. The highest BCUT2D eigenvalue weighted by molar-refractivity contribution is 5.86. The van der Waals surface area contributed by atoms with Gasteiger partial charge in [-0.15, -0.1) is 0 Å². The molecule has 0 aliphatic heterocycles. The highest BCUT2D eigenvalue weighted by atomic mass is 16.5. The van der Waals surface area contributed by atoms with Crippen molar-refractivity contribution < 1.29 is 18.7 Å². The van der Waals surface area contributed by atoms with E-state index in [-0.39, 0.29) is 12.4 Å². The molecular formula is C17H14O6. The predicted octanol–water partition coefficient (Wildman–Crippen LogP) is 2.65. The zero-order chi connectivity index (χ0) is 16.6. The molecule has 3 rings (SSSR count). The minimum atomic E-state index is -0.557. The van der Waals surface area contributed by atoms with E-state index in [1.54, 1.807) is 0 Å². The van der Waals surface area contributed by atoms with E-state index >= 15 is 0 Å². The van der Waals surface area contributed by atoms with E-state index in [9.17, 15) is 9.59 Å². The molecule has 0 amide bonds. The lowest BCUT2D eigenvalue weighted by atomic mass is 10.1. The van der Waals surface area contributed by atoms with Crippen LogP contribution in [0, 0.1) is 13.8 Å².